The average molecular weight is 269 g/mol. The van der Waals surface area contributed by atoms with E-state index in [4.69, 9.17) is 22.1 Å². The average Bonchev–Trinajstić information content (AvgIpc) is 2.64. The van der Waals surface area contributed by atoms with Crippen LogP contribution in [0.1, 0.15) is 0 Å². The first-order valence-electron chi connectivity index (χ1n) is 5.07. The van der Waals surface area contributed by atoms with Crippen molar-refractivity contribution in [2.24, 2.45) is 0 Å². The third kappa shape index (κ3) is 2.71. The number of fused-ring (bicyclic) bond motifs is 1. The molecule has 17 heavy (non-hydrogen) atoms. The van der Waals surface area contributed by atoms with Crippen molar-refractivity contribution in [2.45, 2.75) is 6.54 Å². The van der Waals surface area contributed by atoms with Gasteiger partial charge in [-0.2, -0.15) is 0 Å². The zero-order valence-electron chi connectivity index (χ0n) is 8.96. The molecule has 1 aromatic heterocycles. The molecule has 0 aliphatic heterocycles. The van der Waals surface area contributed by atoms with Crippen LogP contribution in [0.25, 0.3) is 10.2 Å². The minimum absolute atomic E-state index is 0.0545. The van der Waals surface area contributed by atoms with E-state index in [2.05, 4.69) is 0 Å². The van der Waals surface area contributed by atoms with Crippen LogP contribution in [-0.2, 0) is 11.3 Å². The summed E-state index contributed by atoms with van der Waals surface area (Å²) in [5.74, 6) is 0. The number of nitrogens with zero attached hydrogens (tertiary/aromatic N) is 1. The first-order valence-corrected chi connectivity index (χ1v) is 6.29. The van der Waals surface area contributed by atoms with Gasteiger partial charge in [0.25, 0.3) is 0 Å². The molecule has 1 heterocycles. The molecule has 2 aromatic rings. The van der Waals surface area contributed by atoms with Gasteiger partial charge in [0.15, 0.2) is 5.05 Å². The standard InChI is InChI=1S/C11H11NO3S2/c13-5-6-15-10(16)7-12-8-3-1-2-4-9(8)17-11(12)14/h1-4,13H,5-7H2. The predicted octanol–water partition coefficient (Wildman–Crippen LogP) is 1.40. The fourth-order valence-corrected chi connectivity index (χ4v) is 2.60. The van der Waals surface area contributed by atoms with Crippen molar-refractivity contribution in [3.63, 3.8) is 0 Å². The molecular weight excluding hydrogens is 258 g/mol. The Labute approximate surface area is 107 Å². The lowest BCUT2D eigenvalue weighted by molar-refractivity contribution is 0.193. The van der Waals surface area contributed by atoms with Crippen LogP contribution in [-0.4, -0.2) is 27.9 Å². The molecule has 0 atom stereocenters. The van der Waals surface area contributed by atoms with Crippen LogP contribution in [0.2, 0.25) is 0 Å². The van der Waals surface area contributed by atoms with Gasteiger partial charge < -0.3 is 9.84 Å². The van der Waals surface area contributed by atoms with Crippen molar-refractivity contribution < 1.29 is 9.84 Å². The van der Waals surface area contributed by atoms with E-state index in [-0.39, 0.29) is 24.6 Å². The Morgan fingerprint density at radius 3 is 3.00 bits per heavy atom. The van der Waals surface area contributed by atoms with Gasteiger partial charge in [0.05, 0.1) is 23.4 Å². The summed E-state index contributed by atoms with van der Waals surface area (Å²) in [6, 6.07) is 7.54. The van der Waals surface area contributed by atoms with Crippen LogP contribution in [0.15, 0.2) is 29.1 Å². The van der Waals surface area contributed by atoms with E-state index in [0.29, 0.717) is 5.05 Å². The number of aliphatic hydroxyl groups excluding tert-OH is 1. The van der Waals surface area contributed by atoms with Gasteiger partial charge in [0, 0.05) is 0 Å². The molecule has 1 aromatic carbocycles. The molecule has 0 fully saturated rings. The van der Waals surface area contributed by atoms with Gasteiger partial charge in [-0.1, -0.05) is 23.5 Å². The van der Waals surface area contributed by atoms with E-state index in [1.54, 1.807) is 4.57 Å². The smallest absolute Gasteiger partial charge is 0.308 e. The quantitative estimate of drug-likeness (QED) is 0.852. The molecule has 0 amide bonds. The third-order valence-corrected chi connectivity index (χ3v) is 3.42. The highest BCUT2D eigenvalue weighted by atomic mass is 32.1. The minimum atomic E-state index is -0.0839. The Morgan fingerprint density at radius 1 is 1.47 bits per heavy atom. The molecule has 1 N–H and O–H groups in total. The predicted molar refractivity (Wildman–Crippen MR) is 71.7 cm³/mol. The van der Waals surface area contributed by atoms with Crippen molar-refractivity contribution in [2.75, 3.05) is 13.2 Å². The highest BCUT2D eigenvalue weighted by Gasteiger charge is 2.08. The van der Waals surface area contributed by atoms with E-state index in [1.807, 2.05) is 24.3 Å². The normalized spacial score (nSPS) is 10.6. The number of aromatic nitrogens is 1. The molecule has 0 radical (unpaired) electrons. The van der Waals surface area contributed by atoms with E-state index in [1.165, 1.54) is 11.3 Å². The van der Waals surface area contributed by atoms with Crippen molar-refractivity contribution in [3.05, 3.63) is 33.9 Å². The first-order chi connectivity index (χ1) is 8.22. The second-order valence-corrected chi connectivity index (χ2v) is 4.81. The SMILES string of the molecule is O=c1sc2ccccc2n1CC(=S)OCCO. The summed E-state index contributed by atoms with van der Waals surface area (Å²) in [5.41, 5.74) is 0.859. The van der Waals surface area contributed by atoms with Crippen LogP contribution < -0.4 is 4.87 Å². The van der Waals surface area contributed by atoms with Crippen LogP contribution in [0.4, 0.5) is 0 Å². The van der Waals surface area contributed by atoms with Crippen molar-refractivity contribution in [1.82, 2.24) is 4.57 Å². The summed E-state index contributed by atoms with van der Waals surface area (Å²) in [7, 11) is 0. The maximum Gasteiger partial charge on any atom is 0.308 e. The molecule has 0 aliphatic rings. The fraction of sp³-hybridized carbons (Fsp3) is 0.273. The van der Waals surface area contributed by atoms with E-state index in [0.717, 1.165) is 10.2 Å². The number of para-hydroxylation sites is 1. The number of rotatable bonds is 4. The lowest BCUT2D eigenvalue weighted by Crippen LogP contribution is -2.20. The summed E-state index contributed by atoms with van der Waals surface area (Å²) >= 11 is 6.19. The second-order valence-electron chi connectivity index (χ2n) is 3.37. The summed E-state index contributed by atoms with van der Waals surface area (Å²) in [5, 5.41) is 8.93. The summed E-state index contributed by atoms with van der Waals surface area (Å²) in [6.07, 6.45) is 0. The van der Waals surface area contributed by atoms with Crippen molar-refractivity contribution >= 4 is 38.8 Å². The molecule has 0 spiro atoms. The van der Waals surface area contributed by atoms with Gasteiger partial charge in [-0.05, 0) is 24.4 Å². The molecule has 6 heteroatoms. The Kier molecular flexibility index (Phi) is 3.88. The summed E-state index contributed by atoms with van der Waals surface area (Å²) in [4.78, 5) is 11.7. The summed E-state index contributed by atoms with van der Waals surface area (Å²) < 4.78 is 7.61. The van der Waals surface area contributed by atoms with Gasteiger partial charge >= 0.3 is 4.87 Å². The monoisotopic (exact) mass is 269 g/mol. The van der Waals surface area contributed by atoms with E-state index < -0.39 is 0 Å². The van der Waals surface area contributed by atoms with Gasteiger partial charge in [0.1, 0.15) is 6.61 Å². The van der Waals surface area contributed by atoms with Crippen molar-refractivity contribution in [3.8, 4) is 0 Å². The number of benzene rings is 1. The third-order valence-electron chi connectivity index (χ3n) is 2.22. The highest BCUT2D eigenvalue weighted by molar-refractivity contribution is 7.80. The van der Waals surface area contributed by atoms with Crippen LogP contribution in [0, 0.1) is 0 Å². The molecule has 0 unspecified atom stereocenters. The lowest BCUT2D eigenvalue weighted by atomic mass is 10.3. The molecule has 0 saturated heterocycles. The fourth-order valence-electron chi connectivity index (χ4n) is 1.50. The Hall–Kier alpha value is -1.24. The van der Waals surface area contributed by atoms with Crippen LogP contribution in [0.3, 0.4) is 0 Å². The van der Waals surface area contributed by atoms with Crippen molar-refractivity contribution in [1.29, 1.82) is 0 Å². The van der Waals surface area contributed by atoms with E-state index in [9.17, 15) is 4.79 Å². The number of ether oxygens (including phenoxy) is 1. The first kappa shape index (κ1) is 12.2. The molecule has 4 nitrogen and oxygen atoms in total. The maximum absolute atomic E-state index is 11.8. The second kappa shape index (κ2) is 5.39. The lowest BCUT2D eigenvalue weighted by Gasteiger charge is -2.06. The molecular formula is C11H11NO3S2. The van der Waals surface area contributed by atoms with Gasteiger partial charge in [-0.3, -0.25) is 9.36 Å². The van der Waals surface area contributed by atoms with E-state index >= 15 is 0 Å². The van der Waals surface area contributed by atoms with Gasteiger partial charge in [0.2, 0.25) is 0 Å². The topological polar surface area (TPSA) is 51.5 Å². The van der Waals surface area contributed by atoms with Gasteiger partial charge in [-0.25, -0.2) is 0 Å². The molecule has 0 aliphatic carbocycles. The number of hydrogen-bond acceptors (Lipinski definition) is 5. The minimum Gasteiger partial charge on any atom is -0.483 e. The van der Waals surface area contributed by atoms with Crippen LogP contribution >= 0.6 is 23.6 Å². The molecule has 0 saturated carbocycles. The Balaban J connectivity index is 2.26. The van der Waals surface area contributed by atoms with Crippen LogP contribution in [0.5, 0.6) is 0 Å². The largest absolute Gasteiger partial charge is 0.483 e. The molecule has 90 valence electrons. The Bertz CT molecular complexity index is 588. The number of thiazole rings is 1. The highest BCUT2D eigenvalue weighted by Crippen LogP contribution is 2.16. The zero-order valence-corrected chi connectivity index (χ0v) is 10.6. The number of aliphatic hydroxyl groups is 1. The zero-order chi connectivity index (χ0) is 12.3. The van der Waals surface area contributed by atoms with Gasteiger partial charge in [-0.15, -0.1) is 0 Å². The Morgan fingerprint density at radius 2 is 2.24 bits per heavy atom. The molecule has 2 rings (SSSR count). The summed E-state index contributed by atoms with van der Waals surface area (Å²) in [6.45, 7) is 0.327. The maximum atomic E-state index is 11.8. The molecule has 0 bridgehead atoms. The number of thiocarbonyl (C=S) groups is 1. The number of hydrogen-bond donors (Lipinski definition) is 1.